The van der Waals surface area contributed by atoms with Crippen LogP contribution in [0.5, 0.6) is 0 Å². The predicted octanol–water partition coefficient (Wildman–Crippen LogP) is 0.905. The monoisotopic (exact) mass is 155 g/mol. The average Bonchev–Trinajstić information content (AvgIpc) is 1.94. The minimum Gasteiger partial charge on any atom is -0.654 e. The van der Waals surface area contributed by atoms with Gasteiger partial charge in [-0.15, -0.1) is 0 Å². The molecule has 0 fully saturated rings. The molecule has 0 spiro atoms. The highest BCUT2D eigenvalue weighted by Crippen LogP contribution is 2.27. The molecular weight excluding hydrogens is 140 g/mol. The Balaban J connectivity index is 3.04. The molecule has 1 aliphatic heterocycles. The molecule has 0 bridgehead atoms. The summed E-state index contributed by atoms with van der Waals surface area (Å²) in [6.07, 6.45) is 2.84. The fourth-order valence-electron chi connectivity index (χ4n) is 1.28. The van der Waals surface area contributed by atoms with Gasteiger partial charge in [-0.1, -0.05) is 19.4 Å². The van der Waals surface area contributed by atoms with Crippen LogP contribution in [0, 0.1) is 5.21 Å². The van der Waals surface area contributed by atoms with Crippen molar-refractivity contribution in [2.45, 2.75) is 38.9 Å². The lowest BCUT2D eigenvalue weighted by Crippen LogP contribution is -2.49. The second-order valence-electron chi connectivity index (χ2n) is 4.02. The zero-order valence-electron chi connectivity index (χ0n) is 7.80. The summed E-state index contributed by atoms with van der Waals surface area (Å²) in [6.45, 7) is 7.74. The molecule has 0 saturated heterocycles. The summed E-state index contributed by atoms with van der Waals surface area (Å²) < 4.78 is 0.896. The first-order chi connectivity index (χ1) is 4.78. The van der Waals surface area contributed by atoms with Crippen LogP contribution in [0.25, 0.3) is 0 Å². The average molecular weight is 155 g/mol. The Bertz CT molecular complexity index is 206. The van der Waals surface area contributed by atoms with E-state index < -0.39 is 5.66 Å². The lowest BCUT2D eigenvalue weighted by atomic mass is 10.1. The normalized spacial score (nSPS) is 28.6. The van der Waals surface area contributed by atoms with Crippen LogP contribution in [0.2, 0.25) is 0 Å². The molecule has 0 aromatic rings. The number of hydroxylamine groups is 1. The van der Waals surface area contributed by atoms with Crippen molar-refractivity contribution >= 4 is 6.21 Å². The molecule has 0 N–H and O–H groups in total. The van der Waals surface area contributed by atoms with Crippen molar-refractivity contribution in [1.82, 2.24) is 4.90 Å². The second-order valence-corrected chi connectivity index (χ2v) is 4.02. The molecule has 1 heterocycles. The highest BCUT2D eigenvalue weighted by Gasteiger charge is 2.38. The van der Waals surface area contributed by atoms with Gasteiger partial charge in [0.2, 0.25) is 0 Å². The SMILES string of the molecule is CN1C(C)(C)[C-]=[N+]([O-])C1(C)C. The number of rotatable bonds is 0. The van der Waals surface area contributed by atoms with Crippen molar-refractivity contribution in [3.63, 3.8) is 0 Å². The number of hydrogen-bond acceptors (Lipinski definition) is 2. The maximum absolute atomic E-state index is 11.3. The molecule has 1 aliphatic rings. The van der Waals surface area contributed by atoms with Crippen molar-refractivity contribution in [2.24, 2.45) is 0 Å². The molecule has 0 aromatic carbocycles. The van der Waals surface area contributed by atoms with Crippen molar-refractivity contribution in [1.29, 1.82) is 0 Å². The summed E-state index contributed by atoms with van der Waals surface area (Å²) in [5.41, 5.74) is -0.700. The van der Waals surface area contributed by atoms with E-state index in [0.717, 1.165) is 4.74 Å². The maximum atomic E-state index is 11.3. The molecule has 64 valence electrons. The van der Waals surface area contributed by atoms with Crippen molar-refractivity contribution in [3.8, 4) is 0 Å². The molecule has 0 radical (unpaired) electrons. The Morgan fingerprint density at radius 1 is 1.27 bits per heavy atom. The standard InChI is InChI=1S/C8H15N2O/c1-7(2)6-10(11)8(3,4)9(7)5/h1-5H3/q-1. The molecule has 0 saturated carbocycles. The van der Waals surface area contributed by atoms with E-state index in [4.69, 9.17) is 0 Å². The van der Waals surface area contributed by atoms with Crippen molar-refractivity contribution < 1.29 is 4.74 Å². The topological polar surface area (TPSA) is 29.3 Å². The smallest absolute Gasteiger partial charge is 0.189 e. The molecule has 0 atom stereocenters. The van der Waals surface area contributed by atoms with Crippen molar-refractivity contribution in [3.05, 3.63) is 5.21 Å². The molecule has 0 aliphatic carbocycles. The zero-order chi connectivity index (χ0) is 8.86. The predicted molar refractivity (Wildman–Crippen MR) is 44.6 cm³/mol. The van der Waals surface area contributed by atoms with Crippen LogP contribution >= 0.6 is 0 Å². The molecule has 3 heteroatoms. The molecule has 11 heavy (non-hydrogen) atoms. The van der Waals surface area contributed by atoms with E-state index >= 15 is 0 Å². The summed E-state index contributed by atoms with van der Waals surface area (Å²) in [6, 6.07) is 0. The third kappa shape index (κ3) is 1.03. The van der Waals surface area contributed by atoms with E-state index in [1.807, 2.05) is 39.6 Å². The van der Waals surface area contributed by atoms with E-state index in [1.54, 1.807) is 0 Å². The van der Waals surface area contributed by atoms with Crippen molar-refractivity contribution in [2.75, 3.05) is 7.05 Å². The van der Waals surface area contributed by atoms with Gasteiger partial charge in [0.25, 0.3) is 0 Å². The van der Waals surface area contributed by atoms with Gasteiger partial charge < -0.3 is 9.95 Å². The Morgan fingerprint density at radius 3 is 1.82 bits per heavy atom. The summed E-state index contributed by atoms with van der Waals surface area (Å²) in [5, 5.41) is 11.3. The molecule has 1 rings (SSSR count). The van der Waals surface area contributed by atoms with Gasteiger partial charge in [-0.05, 0) is 7.05 Å². The first kappa shape index (κ1) is 8.53. The first-order valence-electron chi connectivity index (χ1n) is 3.77. The lowest BCUT2D eigenvalue weighted by Gasteiger charge is -2.38. The van der Waals surface area contributed by atoms with Gasteiger partial charge in [0.15, 0.2) is 5.66 Å². The minimum atomic E-state index is -0.455. The van der Waals surface area contributed by atoms with Gasteiger partial charge >= 0.3 is 0 Å². The fourth-order valence-corrected chi connectivity index (χ4v) is 1.28. The van der Waals surface area contributed by atoms with Gasteiger partial charge in [-0.25, -0.2) is 0 Å². The van der Waals surface area contributed by atoms with Gasteiger partial charge in [0, 0.05) is 13.8 Å². The molecular formula is C8H15N2O-. The van der Waals surface area contributed by atoms with Crippen LogP contribution in [-0.2, 0) is 0 Å². The summed E-state index contributed by atoms with van der Waals surface area (Å²) in [7, 11) is 1.94. The van der Waals surface area contributed by atoms with E-state index in [1.165, 1.54) is 0 Å². The zero-order valence-corrected chi connectivity index (χ0v) is 7.80. The van der Waals surface area contributed by atoms with E-state index in [-0.39, 0.29) is 5.54 Å². The summed E-state index contributed by atoms with van der Waals surface area (Å²) in [5.74, 6) is 0. The van der Waals surface area contributed by atoms with Crippen LogP contribution in [0.4, 0.5) is 0 Å². The van der Waals surface area contributed by atoms with E-state index in [0.29, 0.717) is 0 Å². The van der Waals surface area contributed by atoms with Gasteiger partial charge in [0.05, 0.1) is 0 Å². The third-order valence-corrected chi connectivity index (χ3v) is 2.53. The Labute approximate surface area is 67.9 Å². The fraction of sp³-hybridized carbons (Fsp3) is 0.875. The van der Waals surface area contributed by atoms with Crippen LogP contribution < -0.4 is 0 Å². The van der Waals surface area contributed by atoms with Gasteiger partial charge in [-0.3, -0.25) is 4.90 Å². The molecule has 0 aromatic heterocycles. The van der Waals surface area contributed by atoms with E-state index in [9.17, 15) is 5.21 Å². The third-order valence-electron chi connectivity index (χ3n) is 2.53. The van der Waals surface area contributed by atoms with Crippen LogP contribution in [-0.4, -0.2) is 34.1 Å². The molecule has 3 nitrogen and oxygen atoms in total. The molecule has 0 amide bonds. The Kier molecular flexibility index (Phi) is 1.53. The first-order valence-corrected chi connectivity index (χ1v) is 3.77. The maximum Gasteiger partial charge on any atom is 0.189 e. The lowest BCUT2D eigenvalue weighted by molar-refractivity contribution is -0.553. The van der Waals surface area contributed by atoms with Crippen LogP contribution in [0.1, 0.15) is 27.7 Å². The molecule has 0 unspecified atom stereocenters. The Morgan fingerprint density at radius 2 is 1.73 bits per heavy atom. The highest BCUT2D eigenvalue weighted by atomic mass is 16.5. The van der Waals surface area contributed by atoms with Gasteiger partial charge in [-0.2, -0.15) is 6.21 Å². The van der Waals surface area contributed by atoms with E-state index in [2.05, 4.69) is 6.21 Å². The van der Waals surface area contributed by atoms with Gasteiger partial charge in [0.1, 0.15) is 0 Å². The Hall–Kier alpha value is -0.570. The largest absolute Gasteiger partial charge is 0.654 e. The van der Waals surface area contributed by atoms with Crippen LogP contribution in [0.15, 0.2) is 0 Å². The second kappa shape index (κ2) is 1.97. The summed E-state index contributed by atoms with van der Waals surface area (Å²) in [4.78, 5) is 2.01. The highest BCUT2D eigenvalue weighted by molar-refractivity contribution is 5.66. The number of nitrogens with zero attached hydrogens (tertiary/aromatic N) is 2. The minimum absolute atomic E-state index is 0.245. The summed E-state index contributed by atoms with van der Waals surface area (Å²) >= 11 is 0. The van der Waals surface area contributed by atoms with Crippen LogP contribution in [0.3, 0.4) is 0 Å². The quantitative estimate of drug-likeness (QED) is 0.295. The number of hydrogen-bond donors (Lipinski definition) is 0.